The first-order valence-electron chi connectivity index (χ1n) is 4.74. The second-order valence-electron chi connectivity index (χ2n) is 3.47. The van der Waals surface area contributed by atoms with Gasteiger partial charge in [-0.2, -0.15) is 0 Å². The molecule has 0 fully saturated rings. The lowest BCUT2D eigenvalue weighted by Crippen LogP contribution is -2.01. The second kappa shape index (κ2) is 5.16. The second-order valence-corrected chi connectivity index (χ2v) is 6.74. The number of carbonyl (C=O) groups excluding carboxylic acids is 1. The Morgan fingerprint density at radius 1 is 1.41 bits per heavy atom. The van der Waals surface area contributed by atoms with Crippen molar-refractivity contribution in [3.05, 3.63) is 53.4 Å². The van der Waals surface area contributed by atoms with E-state index in [4.69, 9.17) is 0 Å². The molecule has 0 aliphatic heterocycles. The van der Waals surface area contributed by atoms with Crippen LogP contribution in [-0.4, -0.2) is 5.78 Å². The van der Waals surface area contributed by atoms with E-state index in [0.717, 1.165) is 9.35 Å². The van der Waals surface area contributed by atoms with Crippen LogP contribution in [0.3, 0.4) is 0 Å². The van der Waals surface area contributed by atoms with Crippen LogP contribution in [0.5, 0.6) is 0 Å². The monoisotopic (exact) mass is 424 g/mol. The highest BCUT2D eigenvalue weighted by Gasteiger charge is 2.16. The van der Waals surface area contributed by atoms with Crippen LogP contribution in [0.1, 0.15) is 20.1 Å². The van der Waals surface area contributed by atoms with E-state index in [9.17, 15) is 9.18 Å². The largest absolute Gasteiger partial charge is 0.288 e. The fourth-order valence-corrected chi connectivity index (χ4v) is 3.59. The van der Waals surface area contributed by atoms with Crippen LogP contribution in [0.4, 0.5) is 4.39 Å². The van der Waals surface area contributed by atoms with Crippen LogP contribution in [-0.2, 0) is 0 Å². The molecule has 1 nitrogen and oxygen atoms in total. The molecule has 0 aliphatic rings. The summed E-state index contributed by atoms with van der Waals surface area (Å²) < 4.78 is 14.5. The van der Waals surface area contributed by atoms with Gasteiger partial charge in [-0.15, -0.1) is 11.3 Å². The molecule has 0 unspecified atom stereocenters. The molecule has 0 spiro atoms. The van der Waals surface area contributed by atoms with Gasteiger partial charge in [0.25, 0.3) is 0 Å². The molecule has 1 aromatic heterocycles. The van der Waals surface area contributed by atoms with Gasteiger partial charge in [0.1, 0.15) is 5.82 Å². The van der Waals surface area contributed by atoms with Gasteiger partial charge < -0.3 is 0 Å². The average Bonchev–Trinajstić information content (AvgIpc) is 2.58. The molecular weight excluding hydrogens is 418 g/mol. The normalized spacial score (nSPS) is 10.6. The van der Waals surface area contributed by atoms with Crippen molar-refractivity contribution >= 4 is 55.6 Å². The summed E-state index contributed by atoms with van der Waals surface area (Å²) in [6.07, 6.45) is 0. The summed E-state index contributed by atoms with van der Waals surface area (Å²) in [4.78, 5) is 13.9. The molecule has 0 saturated carbocycles. The Morgan fingerprint density at radius 3 is 2.65 bits per heavy atom. The molecular formula is C12H7BrFIOS. The van der Waals surface area contributed by atoms with Crippen LogP contribution in [0, 0.1) is 16.3 Å². The highest BCUT2D eigenvalue weighted by Crippen LogP contribution is 2.29. The first-order valence-corrected chi connectivity index (χ1v) is 7.43. The number of rotatable bonds is 2. The minimum absolute atomic E-state index is 0.0619. The number of carbonyl (C=O) groups is 1. The molecule has 0 radical (unpaired) electrons. The Balaban J connectivity index is 2.43. The lowest BCUT2D eigenvalue weighted by atomic mass is 10.1. The Labute approximate surface area is 124 Å². The van der Waals surface area contributed by atoms with Gasteiger partial charge >= 0.3 is 0 Å². The maximum Gasteiger partial charge on any atom is 0.204 e. The van der Waals surface area contributed by atoms with Crippen molar-refractivity contribution in [3.63, 3.8) is 0 Å². The fourth-order valence-electron chi connectivity index (χ4n) is 1.38. The predicted molar refractivity (Wildman–Crippen MR) is 79.3 cm³/mol. The number of ketones is 1. The van der Waals surface area contributed by atoms with E-state index in [1.165, 1.54) is 29.5 Å². The van der Waals surface area contributed by atoms with Crippen molar-refractivity contribution in [2.75, 3.05) is 0 Å². The highest BCUT2D eigenvalue weighted by atomic mass is 127. The summed E-state index contributed by atoms with van der Waals surface area (Å²) >= 11 is 6.80. The molecule has 88 valence electrons. The molecule has 0 aliphatic carbocycles. The van der Waals surface area contributed by atoms with E-state index >= 15 is 0 Å². The first-order chi connectivity index (χ1) is 7.99. The maximum absolute atomic E-state index is 13.0. The smallest absolute Gasteiger partial charge is 0.204 e. The number of benzene rings is 1. The minimum atomic E-state index is -0.325. The van der Waals surface area contributed by atoms with E-state index < -0.39 is 0 Å². The van der Waals surface area contributed by atoms with Gasteiger partial charge in [0, 0.05) is 18.5 Å². The van der Waals surface area contributed by atoms with Crippen LogP contribution in [0.25, 0.3) is 0 Å². The molecule has 1 aromatic carbocycles. The SMILES string of the molecule is Cc1sc(C(=O)c2ccc(F)cc2I)cc1Br. The van der Waals surface area contributed by atoms with Gasteiger partial charge in [-0.25, -0.2) is 4.39 Å². The van der Waals surface area contributed by atoms with Crippen molar-refractivity contribution in [2.24, 2.45) is 0 Å². The van der Waals surface area contributed by atoms with Gasteiger partial charge in [-0.05, 0) is 69.7 Å². The van der Waals surface area contributed by atoms with Gasteiger partial charge in [0.05, 0.1) is 4.88 Å². The van der Waals surface area contributed by atoms with Gasteiger partial charge in [0.15, 0.2) is 0 Å². The Bertz CT molecular complexity index is 575. The lowest BCUT2D eigenvalue weighted by Gasteiger charge is -2.01. The molecule has 2 rings (SSSR count). The highest BCUT2D eigenvalue weighted by molar-refractivity contribution is 14.1. The number of thiophene rings is 1. The van der Waals surface area contributed by atoms with Gasteiger partial charge in [-0.1, -0.05) is 0 Å². The van der Waals surface area contributed by atoms with Gasteiger partial charge in [0.2, 0.25) is 5.78 Å². The summed E-state index contributed by atoms with van der Waals surface area (Å²) in [6, 6.07) is 6.01. The van der Waals surface area contributed by atoms with Crippen molar-refractivity contribution in [3.8, 4) is 0 Å². The zero-order chi connectivity index (χ0) is 12.6. The van der Waals surface area contributed by atoms with E-state index in [1.54, 1.807) is 0 Å². The molecule has 0 saturated heterocycles. The quantitative estimate of drug-likeness (QED) is 0.500. The first kappa shape index (κ1) is 13.2. The Hall–Kier alpha value is -0.270. The van der Waals surface area contributed by atoms with E-state index in [-0.39, 0.29) is 11.6 Å². The van der Waals surface area contributed by atoms with Crippen LogP contribution >= 0.6 is 49.9 Å². The Morgan fingerprint density at radius 2 is 2.12 bits per heavy atom. The fraction of sp³-hybridized carbons (Fsp3) is 0.0833. The van der Waals surface area contributed by atoms with E-state index in [2.05, 4.69) is 15.9 Å². The predicted octanol–water partition coefficient (Wildman–Crippen LogP) is 4.79. The van der Waals surface area contributed by atoms with Crippen molar-refractivity contribution < 1.29 is 9.18 Å². The summed E-state index contributed by atoms with van der Waals surface area (Å²) in [5, 5.41) is 0. The molecule has 0 atom stereocenters. The Kier molecular flexibility index (Phi) is 3.99. The standard InChI is InChI=1S/C12H7BrFIOS/c1-6-9(13)5-11(17-6)12(16)8-3-2-7(14)4-10(8)15/h2-5H,1H3. The van der Waals surface area contributed by atoms with Crippen LogP contribution in [0.2, 0.25) is 0 Å². The lowest BCUT2D eigenvalue weighted by molar-refractivity contribution is 0.104. The summed E-state index contributed by atoms with van der Waals surface area (Å²) in [6.45, 7) is 1.95. The molecule has 1 heterocycles. The van der Waals surface area contributed by atoms with Crippen molar-refractivity contribution in [1.82, 2.24) is 0 Å². The number of hydrogen-bond donors (Lipinski definition) is 0. The summed E-state index contributed by atoms with van der Waals surface area (Å²) in [5.41, 5.74) is 0.542. The number of hydrogen-bond acceptors (Lipinski definition) is 2. The minimum Gasteiger partial charge on any atom is -0.288 e. The number of aryl methyl sites for hydroxylation is 1. The summed E-state index contributed by atoms with van der Waals surface area (Å²) in [7, 11) is 0. The molecule has 0 N–H and O–H groups in total. The molecule has 5 heteroatoms. The summed E-state index contributed by atoms with van der Waals surface area (Å²) in [5.74, 6) is -0.386. The third-order valence-corrected chi connectivity index (χ3v) is 5.28. The molecule has 2 aromatic rings. The van der Waals surface area contributed by atoms with Crippen molar-refractivity contribution in [1.29, 1.82) is 0 Å². The third-order valence-electron chi connectivity index (χ3n) is 2.26. The van der Waals surface area contributed by atoms with E-state index in [1.807, 2.05) is 35.6 Å². The zero-order valence-corrected chi connectivity index (χ0v) is 13.3. The molecule has 0 bridgehead atoms. The topological polar surface area (TPSA) is 17.1 Å². The molecule has 0 amide bonds. The zero-order valence-electron chi connectivity index (χ0n) is 8.76. The third kappa shape index (κ3) is 2.77. The molecule has 17 heavy (non-hydrogen) atoms. The van der Waals surface area contributed by atoms with Gasteiger partial charge in [-0.3, -0.25) is 4.79 Å². The maximum atomic E-state index is 13.0. The number of halogens is 3. The van der Waals surface area contributed by atoms with Crippen LogP contribution < -0.4 is 0 Å². The van der Waals surface area contributed by atoms with Crippen molar-refractivity contribution in [2.45, 2.75) is 6.92 Å². The van der Waals surface area contributed by atoms with Crippen LogP contribution in [0.15, 0.2) is 28.7 Å². The average molecular weight is 425 g/mol. The van der Waals surface area contributed by atoms with E-state index in [0.29, 0.717) is 14.0 Å².